The third-order valence-electron chi connectivity index (χ3n) is 7.79. The summed E-state index contributed by atoms with van der Waals surface area (Å²) < 4.78 is 6.11. The Morgan fingerprint density at radius 2 is 1.86 bits per heavy atom. The number of benzene rings is 3. The van der Waals surface area contributed by atoms with Crippen LogP contribution in [0.15, 0.2) is 53.9 Å². The van der Waals surface area contributed by atoms with Gasteiger partial charge in [-0.25, -0.2) is 0 Å². The molecule has 0 bridgehead atoms. The summed E-state index contributed by atoms with van der Waals surface area (Å²) in [6.07, 6.45) is 3.33. The van der Waals surface area contributed by atoms with Crippen LogP contribution in [0.4, 0.5) is 0 Å². The summed E-state index contributed by atoms with van der Waals surface area (Å²) in [5.41, 5.74) is 8.49. The second kappa shape index (κ2) is 6.64. The van der Waals surface area contributed by atoms with Gasteiger partial charge in [-0.3, -0.25) is 4.79 Å². The highest BCUT2D eigenvalue weighted by atomic mass is 32.2. The number of nitrogens with zero attached hydrogens (tertiary/aromatic N) is 2. The highest BCUT2D eigenvalue weighted by Gasteiger charge is 2.62. The Morgan fingerprint density at radius 3 is 2.57 bits per heavy atom. The van der Waals surface area contributed by atoms with Gasteiger partial charge in [0.2, 0.25) is 0 Å². The van der Waals surface area contributed by atoms with Gasteiger partial charge in [0.15, 0.2) is 5.72 Å². The van der Waals surface area contributed by atoms with Crippen LogP contribution in [0.2, 0.25) is 0 Å². The third kappa shape index (κ3) is 2.29. The zero-order chi connectivity index (χ0) is 23.5. The van der Waals surface area contributed by atoms with E-state index in [9.17, 15) is 10.1 Å². The minimum atomic E-state index is -0.687. The summed E-state index contributed by atoms with van der Waals surface area (Å²) in [5, 5.41) is 14.0. The molecule has 0 saturated carbocycles. The standard InChI is InChI=1S/C29H18N2O2S2/c1-31-28(32)26-24(19-7-3-11-34-19)22-17-6-2-5-16-15(13-30)9-10-18(21(16)17)23(22)25(20-8-4-12-35-20)27(26)29(31)14-33-29/h2-3,5-11H,4,12,14H2,1H3. The average molecular weight is 491 g/mol. The van der Waals surface area contributed by atoms with Crippen molar-refractivity contribution in [1.82, 2.24) is 4.90 Å². The van der Waals surface area contributed by atoms with Crippen LogP contribution in [0, 0.1) is 11.3 Å². The Labute approximate surface area is 210 Å². The van der Waals surface area contributed by atoms with E-state index >= 15 is 0 Å². The monoisotopic (exact) mass is 490 g/mol. The van der Waals surface area contributed by atoms with Crippen LogP contribution in [0.3, 0.4) is 0 Å². The highest BCUT2D eigenvalue weighted by molar-refractivity contribution is 8.08. The quantitative estimate of drug-likeness (QED) is 0.254. The smallest absolute Gasteiger partial charge is 0.257 e. The number of hydrogen-bond donors (Lipinski definition) is 0. The van der Waals surface area contributed by atoms with E-state index in [1.54, 1.807) is 16.2 Å². The molecule has 3 aromatic carbocycles. The normalized spacial score (nSPS) is 21.0. The summed E-state index contributed by atoms with van der Waals surface area (Å²) in [6.45, 7) is 0.519. The maximum Gasteiger partial charge on any atom is 0.257 e. The number of fused-ring (bicyclic) bond motifs is 5. The second-order valence-corrected chi connectivity index (χ2v) is 11.5. The Morgan fingerprint density at radius 1 is 1.03 bits per heavy atom. The van der Waals surface area contributed by atoms with E-state index in [0.717, 1.165) is 66.8 Å². The zero-order valence-corrected chi connectivity index (χ0v) is 20.5. The molecule has 4 aliphatic rings. The molecule has 1 atom stereocenters. The minimum absolute atomic E-state index is 0.0226. The molecule has 6 heteroatoms. The number of amides is 1. The van der Waals surface area contributed by atoms with Gasteiger partial charge in [-0.05, 0) is 46.0 Å². The van der Waals surface area contributed by atoms with Gasteiger partial charge in [0.05, 0.1) is 17.2 Å². The summed E-state index contributed by atoms with van der Waals surface area (Å²) >= 11 is 3.53. The molecule has 4 nitrogen and oxygen atoms in total. The molecule has 0 N–H and O–H groups in total. The zero-order valence-electron chi connectivity index (χ0n) is 18.8. The SMILES string of the molecule is CN1C(=O)c2c(-c3cccs3)c3c(c(C4=CCCS4)c2C12CO2)-c1ccc(C#N)c2cccc-3c12. The average Bonchev–Trinajstić information content (AvgIpc) is 3.27. The predicted octanol–water partition coefficient (Wildman–Crippen LogP) is 6.83. The van der Waals surface area contributed by atoms with Crippen molar-refractivity contribution in [2.75, 3.05) is 19.4 Å². The first-order valence-corrected chi connectivity index (χ1v) is 13.5. The molecule has 3 aliphatic heterocycles. The fourth-order valence-corrected chi connectivity index (χ4v) is 8.05. The molecule has 4 heterocycles. The number of carbonyl (C=O) groups excluding carboxylic acids is 1. The molecule has 1 aromatic heterocycles. The van der Waals surface area contributed by atoms with Crippen LogP contribution in [0.1, 0.15) is 33.5 Å². The Balaban J connectivity index is 1.63. The van der Waals surface area contributed by atoms with Crippen molar-refractivity contribution in [3.8, 4) is 38.8 Å². The maximum atomic E-state index is 13.9. The van der Waals surface area contributed by atoms with Crippen molar-refractivity contribution >= 4 is 44.7 Å². The van der Waals surface area contributed by atoms with E-state index in [2.05, 4.69) is 35.7 Å². The molecule has 35 heavy (non-hydrogen) atoms. The second-order valence-electron chi connectivity index (χ2n) is 9.37. The third-order valence-corrected chi connectivity index (χ3v) is 9.80. The number of allylic oxidation sites excluding steroid dienone is 1. The van der Waals surface area contributed by atoms with Gasteiger partial charge < -0.3 is 9.64 Å². The van der Waals surface area contributed by atoms with Crippen LogP contribution in [-0.2, 0) is 10.5 Å². The van der Waals surface area contributed by atoms with Crippen LogP contribution in [-0.4, -0.2) is 30.2 Å². The number of epoxide rings is 1. The first-order chi connectivity index (χ1) is 17.2. The molecular formula is C29H18N2O2S2. The number of ether oxygens (including phenoxy) is 1. The molecule has 1 saturated heterocycles. The van der Waals surface area contributed by atoms with Gasteiger partial charge in [0.1, 0.15) is 6.61 Å². The minimum Gasteiger partial charge on any atom is -0.343 e. The Kier molecular flexibility index (Phi) is 3.77. The van der Waals surface area contributed by atoms with Crippen molar-refractivity contribution in [3.63, 3.8) is 0 Å². The Hall–Kier alpha value is -3.37. The molecule has 1 spiro atoms. The number of rotatable bonds is 2. The van der Waals surface area contributed by atoms with Gasteiger partial charge in [-0.15, -0.1) is 23.1 Å². The molecular weight excluding hydrogens is 472 g/mol. The van der Waals surface area contributed by atoms with Gasteiger partial charge in [-0.2, -0.15) is 5.26 Å². The summed E-state index contributed by atoms with van der Waals surface area (Å²) in [5.74, 6) is 1.06. The van der Waals surface area contributed by atoms with Crippen LogP contribution in [0.25, 0.3) is 48.4 Å². The molecule has 8 rings (SSSR count). The van der Waals surface area contributed by atoms with E-state index in [1.165, 1.54) is 10.5 Å². The number of likely N-dealkylation sites (N-methyl/N-ethyl adjacent to an activating group) is 1. The number of thioether (sulfide) groups is 1. The maximum absolute atomic E-state index is 13.9. The van der Waals surface area contributed by atoms with E-state index in [1.807, 2.05) is 43.1 Å². The lowest BCUT2D eigenvalue weighted by Gasteiger charge is -2.22. The number of carbonyl (C=O) groups is 1. The predicted molar refractivity (Wildman–Crippen MR) is 141 cm³/mol. The summed E-state index contributed by atoms with van der Waals surface area (Å²) in [4.78, 5) is 18.1. The first-order valence-electron chi connectivity index (χ1n) is 11.7. The number of hydrogen-bond acceptors (Lipinski definition) is 5. The van der Waals surface area contributed by atoms with Crippen LogP contribution < -0.4 is 0 Å². The van der Waals surface area contributed by atoms with Gasteiger partial charge >= 0.3 is 0 Å². The van der Waals surface area contributed by atoms with Gasteiger partial charge in [0, 0.05) is 50.2 Å². The van der Waals surface area contributed by atoms with Crippen molar-refractivity contribution in [1.29, 1.82) is 5.26 Å². The van der Waals surface area contributed by atoms with Crippen molar-refractivity contribution in [2.45, 2.75) is 12.1 Å². The van der Waals surface area contributed by atoms with Crippen LogP contribution in [0.5, 0.6) is 0 Å². The van der Waals surface area contributed by atoms with Gasteiger partial charge in [0.25, 0.3) is 5.91 Å². The fraction of sp³-hybridized carbons (Fsp3) is 0.172. The van der Waals surface area contributed by atoms with Crippen molar-refractivity contribution in [3.05, 3.63) is 76.2 Å². The summed E-state index contributed by atoms with van der Waals surface area (Å²) in [7, 11) is 1.87. The van der Waals surface area contributed by atoms with Gasteiger partial charge in [-0.1, -0.05) is 36.4 Å². The fourth-order valence-electron chi connectivity index (χ4n) is 6.23. The molecule has 1 unspecified atom stereocenters. The lowest BCUT2D eigenvalue weighted by Crippen LogP contribution is -2.30. The van der Waals surface area contributed by atoms with E-state index in [0.29, 0.717) is 12.2 Å². The lowest BCUT2D eigenvalue weighted by molar-refractivity contribution is 0.0616. The number of thiophene rings is 1. The Bertz CT molecular complexity index is 1720. The van der Waals surface area contributed by atoms with E-state index in [4.69, 9.17) is 4.74 Å². The number of nitriles is 1. The van der Waals surface area contributed by atoms with Crippen molar-refractivity contribution < 1.29 is 9.53 Å². The molecule has 1 fully saturated rings. The molecule has 168 valence electrons. The molecule has 1 aliphatic carbocycles. The lowest BCUT2D eigenvalue weighted by atomic mass is 9.83. The molecule has 4 aromatic rings. The van der Waals surface area contributed by atoms with E-state index in [-0.39, 0.29) is 5.91 Å². The van der Waals surface area contributed by atoms with E-state index < -0.39 is 5.72 Å². The largest absolute Gasteiger partial charge is 0.343 e. The first kappa shape index (κ1) is 19.9. The molecule has 0 radical (unpaired) electrons. The highest BCUT2D eigenvalue weighted by Crippen LogP contribution is 2.63. The van der Waals surface area contributed by atoms with Crippen LogP contribution >= 0.6 is 23.1 Å². The molecule has 1 amide bonds. The van der Waals surface area contributed by atoms with Crippen molar-refractivity contribution in [2.24, 2.45) is 0 Å². The topological polar surface area (TPSA) is 56.6 Å². The summed E-state index contributed by atoms with van der Waals surface area (Å²) in [6, 6.07) is 16.8.